The number of benzene rings is 2. The average molecular weight is 468 g/mol. The molecule has 3 fully saturated rings. The van der Waals surface area contributed by atoms with Gasteiger partial charge >= 0.3 is 6.18 Å². The van der Waals surface area contributed by atoms with E-state index in [1.807, 2.05) is 36.4 Å². The highest BCUT2D eigenvalue weighted by Crippen LogP contribution is 2.48. The molecule has 0 saturated carbocycles. The summed E-state index contributed by atoms with van der Waals surface area (Å²) in [6.07, 6.45) is 1.61. The van der Waals surface area contributed by atoms with Crippen molar-refractivity contribution in [3.8, 4) is 0 Å². The Kier molecular flexibility index (Phi) is 5.98. The van der Waals surface area contributed by atoms with Gasteiger partial charge in [0, 0.05) is 41.5 Å². The number of aliphatic hydroxyl groups excluding tert-OH is 1. The Hall–Kier alpha value is -2.70. The van der Waals surface area contributed by atoms with Crippen molar-refractivity contribution in [1.29, 1.82) is 0 Å². The minimum Gasteiger partial charge on any atom is -0.382 e. The van der Waals surface area contributed by atoms with Gasteiger partial charge in [-0.3, -0.25) is 4.98 Å². The predicted octanol–water partition coefficient (Wildman–Crippen LogP) is 6.29. The number of hydrogen-bond donors (Lipinski definition) is 1. The molecule has 6 rings (SSSR count). The van der Waals surface area contributed by atoms with Crippen LogP contribution in [-0.4, -0.2) is 33.7 Å². The molecule has 1 unspecified atom stereocenters. The number of pyridine rings is 1. The summed E-state index contributed by atoms with van der Waals surface area (Å²) in [4.78, 5) is 4.56. The summed E-state index contributed by atoms with van der Waals surface area (Å²) in [6.45, 7) is 6.37. The van der Waals surface area contributed by atoms with Gasteiger partial charge in [0.05, 0.1) is 24.2 Å². The number of piperidine rings is 3. The van der Waals surface area contributed by atoms with Crippen molar-refractivity contribution < 1.29 is 22.8 Å². The number of alkyl halides is 3. The minimum absolute atomic E-state index is 0.0231. The van der Waals surface area contributed by atoms with Crippen LogP contribution < -0.4 is 0 Å². The Labute approximate surface area is 198 Å². The molecule has 3 aliphatic rings. The maximum atomic E-state index is 13.1. The number of hydrogen-bond acceptors (Lipinski definition) is 2. The summed E-state index contributed by atoms with van der Waals surface area (Å²) in [5, 5.41) is 12.6. The summed E-state index contributed by atoms with van der Waals surface area (Å²) >= 11 is 0. The number of allylic oxidation sites excluding steroid dienone is 1. The Morgan fingerprint density at radius 2 is 1.91 bits per heavy atom. The maximum absolute atomic E-state index is 13.1. The van der Waals surface area contributed by atoms with E-state index < -0.39 is 17.8 Å². The molecule has 2 bridgehead atoms. The van der Waals surface area contributed by atoms with E-state index in [4.69, 9.17) is 0 Å². The molecular weight excluding hydrogens is 437 g/mol. The number of halogens is 3. The lowest BCUT2D eigenvalue weighted by Crippen LogP contribution is -2.67. The van der Waals surface area contributed by atoms with Crippen molar-refractivity contribution in [1.82, 2.24) is 4.98 Å². The molecule has 6 heteroatoms. The molecule has 0 aliphatic carbocycles. The van der Waals surface area contributed by atoms with E-state index >= 15 is 0 Å². The van der Waals surface area contributed by atoms with Gasteiger partial charge in [-0.25, -0.2) is 0 Å². The fourth-order valence-electron chi connectivity index (χ4n) is 6.32. The third kappa shape index (κ3) is 4.25. The molecular formula is C28H30F3N2O+. The fraction of sp³-hybridized carbons (Fsp3) is 0.393. The van der Waals surface area contributed by atoms with Crippen molar-refractivity contribution in [2.75, 3.05) is 13.1 Å². The Balaban J connectivity index is 1.48. The van der Waals surface area contributed by atoms with E-state index in [1.54, 1.807) is 18.3 Å². The van der Waals surface area contributed by atoms with E-state index in [2.05, 4.69) is 11.6 Å². The van der Waals surface area contributed by atoms with Crippen LogP contribution in [0.4, 0.5) is 13.2 Å². The first-order valence-corrected chi connectivity index (χ1v) is 11.9. The Morgan fingerprint density at radius 1 is 1.15 bits per heavy atom. The van der Waals surface area contributed by atoms with Crippen molar-refractivity contribution in [2.24, 2.45) is 11.8 Å². The van der Waals surface area contributed by atoms with Crippen molar-refractivity contribution >= 4 is 10.9 Å². The summed E-state index contributed by atoms with van der Waals surface area (Å²) in [6, 6.07) is 15.4. The Bertz CT molecular complexity index is 1180. The normalized spacial score (nSPS) is 27.6. The van der Waals surface area contributed by atoms with Crippen LogP contribution in [0.5, 0.6) is 0 Å². The summed E-state index contributed by atoms with van der Waals surface area (Å²) in [5.41, 5.74) is 1.95. The molecule has 2 aromatic carbocycles. The monoisotopic (exact) mass is 467 g/mol. The quantitative estimate of drug-likeness (QED) is 0.341. The van der Waals surface area contributed by atoms with Gasteiger partial charge in [-0.05, 0) is 36.6 Å². The smallest absolute Gasteiger partial charge is 0.382 e. The second-order valence-corrected chi connectivity index (χ2v) is 10.0. The van der Waals surface area contributed by atoms with Gasteiger partial charge in [0.2, 0.25) is 0 Å². The van der Waals surface area contributed by atoms with Gasteiger partial charge in [-0.15, -0.1) is 6.58 Å². The van der Waals surface area contributed by atoms with Gasteiger partial charge in [0.15, 0.2) is 0 Å². The zero-order valence-electron chi connectivity index (χ0n) is 19.1. The third-order valence-corrected chi connectivity index (χ3v) is 8.02. The molecule has 0 radical (unpaired) electrons. The van der Waals surface area contributed by atoms with Crippen molar-refractivity contribution in [3.05, 3.63) is 90.1 Å². The molecule has 1 N–H and O–H groups in total. The fourth-order valence-corrected chi connectivity index (χ4v) is 6.32. The molecule has 3 nitrogen and oxygen atoms in total. The average Bonchev–Trinajstić information content (AvgIpc) is 2.83. The van der Waals surface area contributed by atoms with Crippen molar-refractivity contribution in [2.45, 2.75) is 44.1 Å². The van der Waals surface area contributed by atoms with Gasteiger partial charge in [0.1, 0.15) is 18.7 Å². The van der Waals surface area contributed by atoms with Gasteiger partial charge in [0.25, 0.3) is 0 Å². The number of aliphatic hydroxyl groups is 1. The molecule has 1 aromatic heterocycles. The number of fused-ring (bicyclic) bond motifs is 4. The summed E-state index contributed by atoms with van der Waals surface area (Å²) in [7, 11) is 0. The zero-order chi connectivity index (χ0) is 23.9. The molecule has 4 heterocycles. The lowest BCUT2D eigenvalue weighted by Gasteiger charge is -2.58. The second-order valence-electron chi connectivity index (χ2n) is 10.0. The van der Waals surface area contributed by atoms with Gasteiger partial charge in [-0.2, -0.15) is 13.2 Å². The highest BCUT2D eigenvalue weighted by Gasteiger charge is 2.54. The highest BCUT2D eigenvalue weighted by molar-refractivity contribution is 5.78. The molecule has 3 saturated heterocycles. The standard InChI is InChI=1S/C28H30F3N2O/c1-2-5-22-18-33(17-19-8-10-24(11-9-19)28(29,30)31)13-12-20(22)15-26(33)27(34)23-14-21-6-3-4-7-25(21)32-16-23/h2-4,6-11,14,16,20,22,26-27,34H,1,5,12-13,15,17-18H2/q+1/t20-,22?,26+,27-,33+/m0/s1. The van der Waals surface area contributed by atoms with E-state index in [-0.39, 0.29) is 6.04 Å². The van der Waals surface area contributed by atoms with E-state index in [0.717, 1.165) is 54.4 Å². The first-order chi connectivity index (χ1) is 16.3. The largest absolute Gasteiger partial charge is 0.416 e. The van der Waals surface area contributed by atoms with E-state index in [1.165, 1.54) is 12.1 Å². The van der Waals surface area contributed by atoms with Crippen LogP contribution in [0.2, 0.25) is 0 Å². The van der Waals surface area contributed by atoms with Crippen LogP contribution in [0.1, 0.15) is 42.1 Å². The first-order valence-electron chi connectivity index (χ1n) is 11.9. The lowest BCUT2D eigenvalue weighted by atomic mass is 9.70. The second kappa shape index (κ2) is 8.82. The number of aromatic nitrogens is 1. The zero-order valence-corrected chi connectivity index (χ0v) is 19.1. The number of quaternary nitrogens is 1. The van der Waals surface area contributed by atoms with Crippen LogP contribution in [0, 0.1) is 11.8 Å². The maximum Gasteiger partial charge on any atom is 0.416 e. The SMILES string of the molecule is C=CCC1C[N@+]2(Cc3ccc(C(F)(F)F)cc3)CC[C@H]1C[C@@H]2[C@@H](O)c1cnc2ccccc2c1. The third-order valence-electron chi connectivity index (χ3n) is 8.02. The first kappa shape index (κ1) is 23.1. The molecule has 5 atom stereocenters. The predicted molar refractivity (Wildman–Crippen MR) is 127 cm³/mol. The molecule has 178 valence electrons. The highest BCUT2D eigenvalue weighted by atomic mass is 19.4. The minimum atomic E-state index is -4.34. The number of para-hydroxylation sites is 1. The molecule has 0 amide bonds. The van der Waals surface area contributed by atoms with E-state index in [0.29, 0.717) is 22.9 Å². The lowest BCUT2D eigenvalue weighted by molar-refractivity contribution is -0.985. The van der Waals surface area contributed by atoms with Crippen LogP contribution in [0.15, 0.2) is 73.4 Å². The summed E-state index contributed by atoms with van der Waals surface area (Å²) < 4.78 is 39.9. The molecule has 3 aliphatic heterocycles. The summed E-state index contributed by atoms with van der Waals surface area (Å²) in [5.74, 6) is 1.01. The molecule has 3 aromatic rings. The van der Waals surface area contributed by atoms with Gasteiger partial charge in [-0.1, -0.05) is 36.4 Å². The van der Waals surface area contributed by atoms with Crippen LogP contribution >= 0.6 is 0 Å². The Morgan fingerprint density at radius 3 is 2.65 bits per heavy atom. The topological polar surface area (TPSA) is 33.1 Å². The van der Waals surface area contributed by atoms with Crippen LogP contribution in [0.3, 0.4) is 0 Å². The van der Waals surface area contributed by atoms with Crippen LogP contribution in [0.25, 0.3) is 10.9 Å². The molecule has 0 spiro atoms. The van der Waals surface area contributed by atoms with Crippen molar-refractivity contribution in [3.63, 3.8) is 0 Å². The number of nitrogens with zero attached hydrogens (tertiary/aromatic N) is 2. The molecule has 34 heavy (non-hydrogen) atoms. The number of rotatable bonds is 6. The van der Waals surface area contributed by atoms with Crippen LogP contribution in [-0.2, 0) is 12.7 Å². The van der Waals surface area contributed by atoms with E-state index in [9.17, 15) is 18.3 Å². The van der Waals surface area contributed by atoms with Gasteiger partial charge < -0.3 is 9.59 Å².